The van der Waals surface area contributed by atoms with Gasteiger partial charge in [-0.3, -0.25) is 10.1 Å². The number of nitrogens with zero attached hydrogens (tertiary/aromatic N) is 1. The number of hydrogen-bond acceptors (Lipinski definition) is 2. The van der Waals surface area contributed by atoms with Crippen molar-refractivity contribution in [1.82, 2.24) is 0 Å². The van der Waals surface area contributed by atoms with Gasteiger partial charge in [0.25, 0.3) is 5.69 Å². The van der Waals surface area contributed by atoms with Crippen molar-refractivity contribution >= 4 is 11.8 Å². The Labute approximate surface area is 187 Å². The zero-order valence-corrected chi connectivity index (χ0v) is 18.1. The van der Waals surface area contributed by atoms with Gasteiger partial charge in [0, 0.05) is 11.5 Å². The van der Waals surface area contributed by atoms with Crippen LogP contribution in [0.4, 0.5) is 5.69 Å². The Morgan fingerprint density at radius 3 is 2.12 bits per heavy atom. The van der Waals surface area contributed by atoms with Crippen molar-refractivity contribution in [3.8, 4) is 33.4 Å². The average Bonchev–Trinajstić information content (AvgIpc) is 3.05. The van der Waals surface area contributed by atoms with Crippen molar-refractivity contribution in [2.24, 2.45) is 0 Å². The largest absolute Gasteiger partial charge is 0.277 e. The van der Waals surface area contributed by atoms with E-state index in [0.29, 0.717) is 5.56 Å². The van der Waals surface area contributed by atoms with E-state index in [4.69, 9.17) is 0 Å². The number of hydrogen-bond donors (Lipinski definition) is 0. The van der Waals surface area contributed by atoms with Crippen molar-refractivity contribution in [1.29, 1.82) is 0 Å². The quantitative estimate of drug-likeness (QED) is 0.250. The fourth-order valence-corrected chi connectivity index (χ4v) is 4.79. The highest BCUT2D eigenvalue weighted by Gasteiger charge is 2.35. The minimum atomic E-state index is -0.299. The van der Waals surface area contributed by atoms with Gasteiger partial charge >= 0.3 is 0 Å². The summed E-state index contributed by atoms with van der Waals surface area (Å²) < 4.78 is 0. The molecule has 156 valence electrons. The highest BCUT2D eigenvalue weighted by Crippen LogP contribution is 2.50. The molecule has 32 heavy (non-hydrogen) atoms. The highest BCUT2D eigenvalue weighted by atomic mass is 16.6. The van der Waals surface area contributed by atoms with Gasteiger partial charge in [-0.15, -0.1) is 0 Å². The molecule has 0 atom stereocenters. The molecular weight excluding hydrogens is 394 g/mol. The van der Waals surface area contributed by atoms with E-state index in [2.05, 4.69) is 56.8 Å². The predicted octanol–water partition coefficient (Wildman–Crippen LogP) is 7.88. The number of nitro benzene ring substituents is 1. The van der Waals surface area contributed by atoms with Crippen molar-refractivity contribution in [3.05, 3.63) is 118 Å². The molecule has 0 fully saturated rings. The van der Waals surface area contributed by atoms with E-state index in [1.807, 2.05) is 42.5 Å². The normalized spacial score (nSPS) is 13.3. The van der Waals surface area contributed by atoms with E-state index >= 15 is 0 Å². The van der Waals surface area contributed by atoms with Crippen LogP contribution in [0.15, 0.2) is 91.5 Å². The molecule has 0 saturated heterocycles. The fourth-order valence-electron chi connectivity index (χ4n) is 4.79. The van der Waals surface area contributed by atoms with E-state index in [1.54, 1.807) is 12.1 Å². The van der Waals surface area contributed by atoms with Gasteiger partial charge in [0.15, 0.2) is 0 Å². The molecular formula is C29H23NO2. The Morgan fingerprint density at radius 1 is 0.750 bits per heavy atom. The zero-order valence-electron chi connectivity index (χ0n) is 18.1. The minimum absolute atomic E-state index is 0.115. The van der Waals surface area contributed by atoms with Crippen LogP contribution in [-0.4, -0.2) is 4.92 Å². The molecule has 4 aromatic rings. The fraction of sp³-hybridized carbons (Fsp3) is 0.103. The van der Waals surface area contributed by atoms with Gasteiger partial charge < -0.3 is 0 Å². The zero-order chi connectivity index (χ0) is 22.5. The molecule has 0 unspecified atom stereocenters. The maximum absolute atomic E-state index is 11.9. The molecule has 3 nitrogen and oxygen atoms in total. The standard InChI is InChI=1S/C29H23NO2/c1-4-19-9-11-20(12-10-19)21-14-16-28(30(31)32)25(17-21)22-13-15-24-23-7-5-6-8-26(23)29(2,3)27(24)18-22/h4-18H,1H2,2-3H3. The Bertz CT molecular complexity index is 1380. The lowest BCUT2D eigenvalue weighted by Crippen LogP contribution is -2.14. The summed E-state index contributed by atoms with van der Waals surface area (Å²) in [4.78, 5) is 11.6. The summed E-state index contributed by atoms with van der Waals surface area (Å²) in [5, 5.41) is 11.9. The molecule has 0 radical (unpaired) electrons. The van der Waals surface area contributed by atoms with Crippen LogP contribution in [-0.2, 0) is 5.41 Å². The molecule has 4 aromatic carbocycles. The van der Waals surface area contributed by atoms with Crippen LogP contribution < -0.4 is 0 Å². The van der Waals surface area contributed by atoms with Crippen LogP contribution in [0.5, 0.6) is 0 Å². The highest BCUT2D eigenvalue weighted by molar-refractivity contribution is 5.86. The average molecular weight is 418 g/mol. The number of nitro groups is 1. The number of fused-ring (bicyclic) bond motifs is 3. The second kappa shape index (κ2) is 7.31. The summed E-state index contributed by atoms with van der Waals surface area (Å²) in [7, 11) is 0. The lowest BCUT2D eigenvalue weighted by Gasteiger charge is -2.22. The van der Waals surface area contributed by atoms with Crippen LogP contribution in [0.2, 0.25) is 0 Å². The number of benzene rings is 4. The smallest absolute Gasteiger partial charge is 0.258 e. The summed E-state index contributed by atoms with van der Waals surface area (Å²) in [6.07, 6.45) is 1.80. The van der Waals surface area contributed by atoms with Crippen molar-refractivity contribution < 1.29 is 4.92 Å². The van der Waals surface area contributed by atoms with E-state index in [0.717, 1.165) is 22.3 Å². The van der Waals surface area contributed by atoms with Crippen LogP contribution in [0.1, 0.15) is 30.5 Å². The molecule has 1 aliphatic rings. The first-order valence-electron chi connectivity index (χ1n) is 10.7. The van der Waals surface area contributed by atoms with E-state index in [-0.39, 0.29) is 16.0 Å². The second-order valence-electron chi connectivity index (χ2n) is 8.75. The van der Waals surface area contributed by atoms with Crippen molar-refractivity contribution in [3.63, 3.8) is 0 Å². The van der Waals surface area contributed by atoms with Crippen molar-refractivity contribution in [2.45, 2.75) is 19.3 Å². The van der Waals surface area contributed by atoms with Gasteiger partial charge in [-0.1, -0.05) is 87.2 Å². The van der Waals surface area contributed by atoms with Gasteiger partial charge in [-0.05, 0) is 62.7 Å². The molecule has 0 amide bonds. The summed E-state index contributed by atoms with van der Waals surface area (Å²) in [6.45, 7) is 8.23. The topological polar surface area (TPSA) is 43.1 Å². The predicted molar refractivity (Wildman–Crippen MR) is 132 cm³/mol. The molecule has 1 aliphatic carbocycles. The molecule has 0 bridgehead atoms. The SMILES string of the molecule is C=Cc1ccc(-c2ccc([N+](=O)[O-])c(-c3ccc4c(c3)C(C)(C)c3ccccc3-4)c2)cc1. The third-order valence-corrected chi connectivity index (χ3v) is 6.57. The second-order valence-corrected chi connectivity index (χ2v) is 8.75. The first-order valence-corrected chi connectivity index (χ1v) is 10.7. The van der Waals surface area contributed by atoms with Crippen LogP contribution in [0.25, 0.3) is 39.5 Å². The summed E-state index contributed by atoms with van der Waals surface area (Å²) >= 11 is 0. The minimum Gasteiger partial charge on any atom is -0.258 e. The molecule has 0 aliphatic heterocycles. The monoisotopic (exact) mass is 417 g/mol. The Hall–Kier alpha value is -3.98. The molecule has 0 spiro atoms. The molecule has 0 saturated carbocycles. The Kier molecular flexibility index (Phi) is 4.56. The third-order valence-electron chi connectivity index (χ3n) is 6.57. The number of rotatable bonds is 4. The van der Waals surface area contributed by atoms with E-state index in [9.17, 15) is 10.1 Å². The van der Waals surface area contributed by atoms with Gasteiger partial charge in [-0.25, -0.2) is 0 Å². The third kappa shape index (κ3) is 3.05. The molecule has 0 heterocycles. The first-order chi connectivity index (χ1) is 15.4. The molecule has 3 heteroatoms. The summed E-state index contributed by atoms with van der Waals surface area (Å²) in [6, 6.07) is 28.1. The maximum Gasteiger partial charge on any atom is 0.277 e. The molecule has 0 N–H and O–H groups in total. The molecule has 0 aromatic heterocycles. The van der Waals surface area contributed by atoms with Crippen LogP contribution in [0.3, 0.4) is 0 Å². The molecule has 5 rings (SSSR count). The summed E-state index contributed by atoms with van der Waals surface area (Å²) in [5.74, 6) is 0. The Balaban J connectivity index is 1.67. The van der Waals surface area contributed by atoms with Gasteiger partial charge in [0.05, 0.1) is 10.5 Å². The van der Waals surface area contributed by atoms with E-state index < -0.39 is 0 Å². The van der Waals surface area contributed by atoms with Crippen LogP contribution >= 0.6 is 0 Å². The van der Waals surface area contributed by atoms with E-state index in [1.165, 1.54) is 22.3 Å². The van der Waals surface area contributed by atoms with Crippen molar-refractivity contribution in [2.75, 3.05) is 0 Å². The van der Waals surface area contributed by atoms with Crippen LogP contribution in [0, 0.1) is 10.1 Å². The van der Waals surface area contributed by atoms with Gasteiger partial charge in [0.1, 0.15) is 0 Å². The first kappa shape index (κ1) is 20.0. The van der Waals surface area contributed by atoms with Gasteiger partial charge in [0.2, 0.25) is 0 Å². The Morgan fingerprint density at radius 2 is 1.41 bits per heavy atom. The lowest BCUT2D eigenvalue weighted by atomic mass is 9.81. The maximum atomic E-state index is 11.9. The summed E-state index contributed by atoms with van der Waals surface area (Å²) in [5.41, 5.74) is 9.39. The van der Waals surface area contributed by atoms with Gasteiger partial charge in [-0.2, -0.15) is 0 Å². The lowest BCUT2D eigenvalue weighted by molar-refractivity contribution is -0.384.